The molecule has 0 aromatic carbocycles. The van der Waals surface area contributed by atoms with Crippen LogP contribution in [0.4, 0.5) is 4.79 Å². The van der Waals surface area contributed by atoms with Crippen molar-refractivity contribution in [3.8, 4) is 0 Å². The lowest BCUT2D eigenvalue weighted by molar-refractivity contribution is -0.140. The van der Waals surface area contributed by atoms with Crippen LogP contribution in [0, 0.1) is 0 Å². The van der Waals surface area contributed by atoms with Crippen LogP contribution < -0.4 is 21.4 Å². The quantitative estimate of drug-likeness (QED) is 0.119. The second kappa shape index (κ2) is 15.3. The highest BCUT2D eigenvalue weighted by Gasteiger charge is 2.24. The summed E-state index contributed by atoms with van der Waals surface area (Å²) in [4.78, 5) is 62.0. The lowest BCUT2D eigenvalue weighted by Gasteiger charge is -2.18. The van der Waals surface area contributed by atoms with E-state index in [-0.39, 0.29) is 31.9 Å². The molecular weight excluding hydrogens is 452 g/mol. The van der Waals surface area contributed by atoms with E-state index in [4.69, 9.17) is 15.1 Å². The van der Waals surface area contributed by atoms with Gasteiger partial charge in [0, 0.05) is 18.7 Å². The number of rotatable bonds is 16. The molecule has 0 fully saturated rings. The second-order valence-corrected chi connectivity index (χ2v) is 7.77. The Labute approximate surface area is 196 Å². The molecule has 0 heterocycles. The SMILES string of the molecule is CC1=CC=C(NOCC(=O)NCCCCC(NC(=O)NC(CCC(=O)O)C(=O)O)C(=O)O)CC1. The van der Waals surface area contributed by atoms with Gasteiger partial charge in [0.1, 0.15) is 12.1 Å². The number of carbonyl (C=O) groups is 5. The molecular formula is C21H32N4O9. The van der Waals surface area contributed by atoms with E-state index in [0.29, 0.717) is 12.8 Å². The third kappa shape index (κ3) is 12.4. The lowest BCUT2D eigenvalue weighted by Crippen LogP contribution is -2.51. The Morgan fingerprint density at radius 2 is 1.59 bits per heavy atom. The average molecular weight is 485 g/mol. The minimum Gasteiger partial charge on any atom is -0.481 e. The summed E-state index contributed by atoms with van der Waals surface area (Å²) >= 11 is 0. The molecule has 1 aliphatic rings. The summed E-state index contributed by atoms with van der Waals surface area (Å²) in [6, 6.07) is -3.77. The molecule has 1 rings (SSSR count). The van der Waals surface area contributed by atoms with Gasteiger partial charge in [0.05, 0.1) is 0 Å². The number of amides is 3. The summed E-state index contributed by atoms with van der Waals surface area (Å²) in [5.74, 6) is -4.30. The van der Waals surface area contributed by atoms with Crippen molar-refractivity contribution in [1.29, 1.82) is 0 Å². The van der Waals surface area contributed by atoms with Crippen molar-refractivity contribution in [3.63, 3.8) is 0 Å². The molecule has 0 aromatic rings. The highest BCUT2D eigenvalue weighted by molar-refractivity contribution is 5.86. The smallest absolute Gasteiger partial charge is 0.326 e. The van der Waals surface area contributed by atoms with Crippen molar-refractivity contribution >= 4 is 29.8 Å². The van der Waals surface area contributed by atoms with Gasteiger partial charge in [0.25, 0.3) is 0 Å². The van der Waals surface area contributed by atoms with Gasteiger partial charge in [-0.05, 0) is 51.5 Å². The van der Waals surface area contributed by atoms with E-state index in [1.807, 2.05) is 19.1 Å². The van der Waals surface area contributed by atoms with Crippen molar-refractivity contribution in [2.75, 3.05) is 13.2 Å². The Morgan fingerprint density at radius 3 is 2.15 bits per heavy atom. The van der Waals surface area contributed by atoms with Crippen LogP contribution in [0.25, 0.3) is 0 Å². The van der Waals surface area contributed by atoms with Crippen molar-refractivity contribution < 1.29 is 44.1 Å². The van der Waals surface area contributed by atoms with E-state index in [1.54, 1.807) is 0 Å². The fourth-order valence-electron chi connectivity index (χ4n) is 2.91. The third-order valence-corrected chi connectivity index (χ3v) is 4.86. The zero-order valence-electron chi connectivity index (χ0n) is 19.0. The van der Waals surface area contributed by atoms with Gasteiger partial charge in [-0.1, -0.05) is 11.6 Å². The van der Waals surface area contributed by atoms with Gasteiger partial charge in [-0.2, -0.15) is 0 Å². The highest BCUT2D eigenvalue weighted by atomic mass is 16.6. The third-order valence-electron chi connectivity index (χ3n) is 4.86. The number of carboxylic acids is 3. The van der Waals surface area contributed by atoms with E-state index in [2.05, 4.69) is 21.4 Å². The second-order valence-electron chi connectivity index (χ2n) is 7.77. The van der Waals surface area contributed by atoms with Gasteiger partial charge in [0.15, 0.2) is 6.61 Å². The van der Waals surface area contributed by atoms with Crippen molar-refractivity contribution in [3.05, 3.63) is 23.4 Å². The van der Waals surface area contributed by atoms with Crippen LogP contribution in [0.3, 0.4) is 0 Å². The van der Waals surface area contributed by atoms with Gasteiger partial charge in [-0.15, -0.1) is 0 Å². The first-order chi connectivity index (χ1) is 16.1. The molecule has 190 valence electrons. The van der Waals surface area contributed by atoms with E-state index >= 15 is 0 Å². The van der Waals surface area contributed by atoms with Gasteiger partial charge in [-0.3, -0.25) is 19.9 Å². The van der Waals surface area contributed by atoms with Crippen LogP contribution in [-0.2, 0) is 24.0 Å². The van der Waals surface area contributed by atoms with E-state index in [9.17, 15) is 29.1 Å². The zero-order valence-corrected chi connectivity index (χ0v) is 19.0. The van der Waals surface area contributed by atoms with Crippen LogP contribution in [-0.4, -0.2) is 70.4 Å². The summed E-state index contributed by atoms with van der Waals surface area (Å²) in [6.45, 7) is 2.12. The summed E-state index contributed by atoms with van der Waals surface area (Å²) in [5, 5.41) is 33.8. The summed E-state index contributed by atoms with van der Waals surface area (Å²) in [7, 11) is 0. The number of unbranched alkanes of at least 4 members (excludes halogenated alkanes) is 1. The molecule has 0 bridgehead atoms. The van der Waals surface area contributed by atoms with E-state index in [1.165, 1.54) is 5.57 Å². The molecule has 7 N–H and O–H groups in total. The molecule has 0 aromatic heterocycles. The number of aliphatic carboxylic acids is 3. The first-order valence-electron chi connectivity index (χ1n) is 10.8. The molecule has 3 amide bonds. The molecule has 0 spiro atoms. The van der Waals surface area contributed by atoms with Crippen LogP contribution >= 0.6 is 0 Å². The monoisotopic (exact) mass is 484 g/mol. The highest BCUT2D eigenvalue weighted by Crippen LogP contribution is 2.15. The maximum Gasteiger partial charge on any atom is 0.326 e. The summed E-state index contributed by atoms with van der Waals surface area (Å²) in [5.41, 5.74) is 4.88. The first-order valence-corrected chi connectivity index (χ1v) is 10.8. The first kappa shape index (κ1) is 28.4. The van der Waals surface area contributed by atoms with E-state index in [0.717, 1.165) is 18.5 Å². The molecule has 0 aliphatic heterocycles. The number of urea groups is 1. The normalized spacial score (nSPS) is 14.6. The minimum absolute atomic E-state index is 0.0463. The Morgan fingerprint density at radius 1 is 0.941 bits per heavy atom. The average Bonchev–Trinajstić information content (AvgIpc) is 2.76. The number of allylic oxidation sites excluding steroid dienone is 4. The van der Waals surface area contributed by atoms with Gasteiger partial charge in [0.2, 0.25) is 5.91 Å². The maximum absolute atomic E-state index is 11.9. The van der Waals surface area contributed by atoms with Crippen molar-refractivity contribution in [1.82, 2.24) is 21.4 Å². The van der Waals surface area contributed by atoms with Gasteiger partial charge < -0.3 is 31.3 Å². The number of hydrogen-bond donors (Lipinski definition) is 7. The number of hydrogen-bond acceptors (Lipinski definition) is 7. The number of carbonyl (C=O) groups excluding carboxylic acids is 2. The van der Waals surface area contributed by atoms with Gasteiger partial charge >= 0.3 is 23.9 Å². The Balaban J connectivity index is 2.26. The Bertz CT molecular complexity index is 810. The molecule has 13 heteroatoms. The zero-order chi connectivity index (χ0) is 25.5. The van der Waals surface area contributed by atoms with Crippen molar-refractivity contribution in [2.45, 2.75) is 64.0 Å². The Kier molecular flexibility index (Phi) is 12.8. The van der Waals surface area contributed by atoms with E-state index < -0.39 is 42.4 Å². The van der Waals surface area contributed by atoms with Crippen molar-refractivity contribution in [2.24, 2.45) is 0 Å². The molecule has 0 saturated carbocycles. The fraction of sp³-hybridized carbons (Fsp3) is 0.571. The van der Waals surface area contributed by atoms with Gasteiger partial charge in [-0.25, -0.2) is 14.4 Å². The number of carboxylic acid groups (broad SMARTS) is 3. The lowest BCUT2D eigenvalue weighted by atomic mass is 10.1. The van der Waals surface area contributed by atoms with Crippen LogP contribution in [0.2, 0.25) is 0 Å². The molecule has 2 atom stereocenters. The van der Waals surface area contributed by atoms with Crippen LogP contribution in [0.5, 0.6) is 0 Å². The maximum atomic E-state index is 11.9. The molecule has 0 saturated heterocycles. The molecule has 13 nitrogen and oxygen atoms in total. The fourth-order valence-corrected chi connectivity index (χ4v) is 2.91. The molecule has 0 radical (unpaired) electrons. The molecule has 1 aliphatic carbocycles. The standard InChI is InChI=1S/C21H32N4O9/c1-13-5-7-14(8-6-13)25-34-12-17(26)22-11-3-2-4-15(19(29)30)23-21(33)24-16(20(31)32)9-10-18(27)28/h5,7,15-16,25H,2-4,6,8-12H2,1H3,(H,22,26)(H,27,28)(H,29,30)(H,31,32)(H2,23,24,33). The largest absolute Gasteiger partial charge is 0.481 e. The Hall–Kier alpha value is -3.61. The van der Waals surface area contributed by atoms with Crippen LogP contribution in [0.1, 0.15) is 51.9 Å². The summed E-state index contributed by atoms with van der Waals surface area (Å²) < 4.78 is 0. The predicted octanol–water partition coefficient (Wildman–Crippen LogP) is 0.489. The predicted molar refractivity (Wildman–Crippen MR) is 118 cm³/mol. The van der Waals surface area contributed by atoms with Crippen LogP contribution in [0.15, 0.2) is 23.4 Å². The molecule has 34 heavy (non-hydrogen) atoms. The number of hydroxylamine groups is 1. The topological polar surface area (TPSA) is 203 Å². The summed E-state index contributed by atoms with van der Waals surface area (Å²) in [6.07, 6.45) is 5.63. The minimum atomic E-state index is -1.47. The molecule has 2 unspecified atom stereocenters. The number of nitrogens with one attached hydrogen (secondary N) is 4.